The van der Waals surface area contributed by atoms with E-state index in [9.17, 15) is 9.18 Å². The van der Waals surface area contributed by atoms with Crippen molar-refractivity contribution in [2.24, 2.45) is 0 Å². The highest BCUT2D eigenvalue weighted by Crippen LogP contribution is 2.21. The van der Waals surface area contributed by atoms with E-state index >= 15 is 0 Å². The van der Waals surface area contributed by atoms with Gasteiger partial charge in [-0.25, -0.2) is 4.39 Å². The Morgan fingerprint density at radius 3 is 2.82 bits per heavy atom. The van der Waals surface area contributed by atoms with Gasteiger partial charge in [0.05, 0.1) is 24.1 Å². The largest absolute Gasteiger partial charge is 0.350 e. The van der Waals surface area contributed by atoms with E-state index in [-0.39, 0.29) is 24.4 Å². The first kappa shape index (κ1) is 12.7. The molecule has 92 valence electrons. The molecule has 1 saturated heterocycles. The van der Waals surface area contributed by atoms with E-state index in [0.717, 1.165) is 0 Å². The summed E-state index contributed by atoms with van der Waals surface area (Å²) in [6.45, 7) is 1.06. The summed E-state index contributed by atoms with van der Waals surface area (Å²) in [7, 11) is 0. The fourth-order valence-corrected chi connectivity index (χ4v) is 2.09. The van der Waals surface area contributed by atoms with Gasteiger partial charge in [-0.15, -0.1) is 0 Å². The van der Waals surface area contributed by atoms with Crippen LogP contribution in [-0.4, -0.2) is 25.3 Å². The highest BCUT2D eigenvalue weighted by molar-refractivity contribution is 9.10. The molecule has 17 heavy (non-hydrogen) atoms. The smallest absolute Gasteiger partial charge is 0.164 e. The van der Waals surface area contributed by atoms with Crippen LogP contribution in [0.2, 0.25) is 0 Å². The first-order valence-electron chi connectivity index (χ1n) is 5.34. The zero-order valence-electron chi connectivity index (χ0n) is 9.12. The molecule has 1 fully saturated rings. The molecule has 1 aromatic rings. The number of carbonyl (C=O) groups is 1. The molecule has 1 aromatic carbocycles. The van der Waals surface area contributed by atoms with Gasteiger partial charge >= 0.3 is 0 Å². The standard InChI is InChI=1S/C12H12BrFO3/c13-12-8(2-1-3-10(12)14)6-9(15)7-11-16-4-5-17-11/h1-3,11H,4-7H2. The molecule has 5 heteroatoms. The van der Waals surface area contributed by atoms with Gasteiger partial charge in [0.1, 0.15) is 11.6 Å². The lowest BCUT2D eigenvalue weighted by molar-refractivity contribution is -0.126. The van der Waals surface area contributed by atoms with Crippen molar-refractivity contribution in [1.29, 1.82) is 0 Å². The van der Waals surface area contributed by atoms with Gasteiger partial charge in [0.2, 0.25) is 0 Å². The molecule has 1 aliphatic rings. The zero-order valence-corrected chi connectivity index (χ0v) is 10.7. The van der Waals surface area contributed by atoms with Crippen molar-refractivity contribution in [3.8, 4) is 0 Å². The van der Waals surface area contributed by atoms with Gasteiger partial charge in [-0.1, -0.05) is 12.1 Å². The maximum atomic E-state index is 13.2. The summed E-state index contributed by atoms with van der Waals surface area (Å²) in [5.74, 6) is -0.383. The predicted octanol–water partition coefficient (Wildman–Crippen LogP) is 2.46. The Hall–Kier alpha value is -0.780. The summed E-state index contributed by atoms with van der Waals surface area (Å²) in [4.78, 5) is 11.7. The average molecular weight is 303 g/mol. The molecule has 0 bridgehead atoms. The van der Waals surface area contributed by atoms with Crippen molar-refractivity contribution < 1.29 is 18.7 Å². The molecular formula is C12H12BrFO3. The first-order chi connectivity index (χ1) is 8.16. The maximum absolute atomic E-state index is 13.2. The number of halogens is 2. The van der Waals surface area contributed by atoms with Gasteiger partial charge in [0.15, 0.2) is 6.29 Å². The van der Waals surface area contributed by atoms with Gasteiger partial charge in [-0.05, 0) is 27.6 Å². The number of ketones is 1. The molecule has 0 N–H and O–H groups in total. The van der Waals surface area contributed by atoms with E-state index in [1.54, 1.807) is 12.1 Å². The van der Waals surface area contributed by atoms with Crippen LogP contribution in [-0.2, 0) is 20.7 Å². The van der Waals surface area contributed by atoms with Gasteiger partial charge in [-0.3, -0.25) is 4.79 Å². The Kier molecular flexibility index (Phi) is 4.25. The third-order valence-corrected chi connectivity index (χ3v) is 3.39. The van der Waals surface area contributed by atoms with Crippen LogP contribution in [0.1, 0.15) is 12.0 Å². The second-order valence-electron chi connectivity index (χ2n) is 3.80. The molecule has 0 spiro atoms. The molecule has 0 radical (unpaired) electrons. The molecule has 0 aliphatic carbocycles. The summed E-state index contributed by atoms with van der Waals surface area (Å²) in [6, 6.07) is 4.66. The van der Waals surface area contributed by atoms with E-state index in [0.29, 0.717) is 23.2 Å². The number of rotatable bonds is 4. The number of hydrogen-bond acceptors (Lipinski definition) is 3. The van der Waals surface area contributed by atoms with E-state index in [1.165, 1.54) is 6.07 Å². The third kappa shape index (κ3) is 3.34. The van der Waals surface area contributed by atoms with Crippen LogP contribution in [0.25, 0.3) is 0 Å². The highest BCUT2D eigenvalue weighted by Gasteiger charge is 2.20. The Morgan fingerprint density at radius 1 is 1.41 bits per heavy atom. The summed E-state index contributed by atoms with van der Waals surface area (Å²) in [5, 5.41) is 0. The fraction of sp³-hybridized carbons (Fsp3) is 0.417. The second-order valence-corrected chi connectivity index (χ2v) is 4.60. The average Bonchev–Trinajstić information content (AvgIpc) is 2.77. The predicted molar refractivity (Wildman–Crippen MR) is 63.1 cm³/mol. The minimum atomic E-state index is -0.435. The summed E-state index contributed by atoms with van der Waals surface area (Å²) in [6.07, 6.45) is -0.0420. The Labute approximate surface area is 107 Å². The van der Waals surface area contributed by atoms with Crippen molar-refractivity contribution in [2.45, 2.75) is 19.1 Å². The summed E-state index contributed by atoms with van der Waals surface area (Å²) < 4.78 is 23.9. The second kappa shape index (κ2) is 5.71. The quantitative estimate of drug-likeness (QED) is 0.857. The Bertz CT molecular complexity index is 416. The van der Waals surface area contributed by atoms with Crippen molar-refractivity contribution in [2.75, 3.05) is 13.2 Å². The molecule has 0 amide bonds. The molecule has 1 heterocycles. The summed E-state index contributed by atoms with van der Waals surface area (Å²) >= 11 is 3.13. The number of Topliss-reactive ketones (excluding diaryl/α,β-unsaturated/α-hetero) is 1. The monoisotopic (exact) mass is 302 g/mol. The fourth-order valence-electron chi connectivity index (χ4n) is 1.68. The number of benzene rings is 1. The molecule has 0 unspecified atom stereocenters. The van der Waals surface area contributed by atoms with Gasteiger partial charge < -0.3 is 9.47 Å². The van der Waals surface area contributed by atoms with Crippen molar-refractivity contribution in [1.82, 2.24) is 0 Å². The zero-order chi connectivity index (χ0) is 12.3. The summed E-state index contributed by atoms with van der Waals surface area (Å²) in [5.41, 5.74) is 0.646. The van der Waals surface area contributed by atoms with Crippen molar-refractivity contribution in [3.63, 3.8) is 0 Å². The minimum absolute atomic E-state index is 0.0248. The van der Waals surface area contributed by atoms with E-state index in [2.05, 4.69) is 15.9 Å². The lowest BCUT2D eigenvalue weighted by Crippen LogP contribution is -2.16. The minimum Gasteiger partial charge on any atom is -0.350 e. The molecule has 0 saturated carbocycles. The third-order valence-electron chi connectivity index (χ3n) is 2.50. The Morgan fingerprint density at radius 2 is 2.12 bits per heavy atom. The molecule has 1 aliphatic heterocycles. The van der Waals surface area contributed by atoms with E-state index in [1.807, 2.05) is 0 Å². The van der Waals surface area contributed by atoms with Gasteiger partial charge in [-0.2, -0.15) is 0 Å². The molecular weight excluding hydrogens is 291 g/mol. The van der Waals surface area contributed by atoms with E-state index in [4.69, 9.17) is 9.47 Å². The molecule has 0 aromatic heterocycles. The first-order valence-corrected chi connectivity index (χ1v) is 6.14. The molecule has 2 rings (SSSR count). The number of carbonyl (C=O) groups excluding carboxylic acids is 1. The maximum Gasteiger partial charge on any atom is 0.164 e. The van der Waals surface area contributed by atoms with Gasteiger partial charge in [0.25, 0.3) is 0 Å². The normalized spacial score (nSPS) is 16.4. The van der Waals surface area contributed by atoms with Crippen LogP contribution in [0.15, 0.2) is 22.7 Å². The highest BCUT2D eigenvalue weighted by atomic mass is 79.9. The van der Waals surface area contributed by atoms with Crippen LogP contribution >= 0.6 is 15.9 Å². The van der Waals surface area contributed by atoms with Crippen molar-refractivity contribution >= 4 is 21.7 Å². The SMILES string of the molecule is O=C(Cc1cccc(F)c1Br)CC1OCCO1. The van der Waals surface area contributed by atoms with Crippen LogP contribution in [0.3, 0.4) is 0 Å². The lowest BCUT2D eigenvalue weighted by atomic mass is 10.1. The molecule has 3 nitrogen and oxygen atoms in total. The van der Waals surface area contributed by atoms with Gasteiger partial charge in [0, 0.05) is 6.42 Å². The van der Waals surface area contributed by atoms with Crippen LogP contribution in [0.5, 0.6) is 0 Å². The van der Waals surface area contributed by atoms with Crippen LogP contribution in [0, 0.1) is 5.82 Å². The number of hydrogen-bond donors (Lipinski definition) is 0. The Balaban J connectivity index is 1.95. The van der Waals surface area contributed by atoms with Crippen LogP contribution < -0.4 is 0 Å². The van der Waals surface area contributed by atoms with Crippen molar-refractivity contribution in [3.05, 3.63) is 34.1 Å². The topological polar surface area (TPSA) is 35.5 Å². The lowest BCUT2D eigenvalue weighted by Gasteiger charge is -2.08. The number of ether oxygens (including phenoxy) is 2. The van der Waals surface area contributed by atoms with Crippen LogP contribution in [0.4, 0.5) is 4.39 Å². The molecule has 0 atom stereocenters. The van der Waals surface area contributed by atoms with E-state index < -0.39 is 6.29 Å².